The molecular weight excluding hydrogens is 412 g/mol. The molecule has 0 spiro atoms. The molecule has 0 fully saturated rings. The fraction of sp³-hybridized carbons (Fsp3) is 0.312. The average molecular weight is 451 g/mol. The molecule has 2 aromatic carbocycles. The second-order valence-electron chi connectivity index (χ2n) is 8.42. The summed E-state index contributed by atoms with van der Waals surface area (Å²) in [7, 11) is 0. The fourth-order valence-electron chi connectivity index (χ4n) is 4.73. The summed E-state index contributed by atoms with van der Waals surface area (Å²) in [5.74, 6) is 0. The third kappa shape index (κ3) is 4.68. The van der Waals surface area contributed by atoms with E-state index >= 15 is 0 Å². The van der Waals surface area contributed by atoms with Gasteiger partial charge in [-0.25, -0.2) is 0 Å². The minimum Gasteiger partial charge on any atom is -0.260 e. The van der Waals surface area contributed by atoms with E-state index in [9.17, 15) is 0 Å². The SMILES string of the molecule is CC.CC.Cc1ccc2c(c1C)-c1cccnc1C2.Cc1ccc2c(c1C)Cc1ncccc1-2. The maximum Gasteiger partial charge on any atom is 0.0526 e. The molecule has 0 amide bonds. The van der Waals surface area contributed by atoms with Gasteiger partial charge >= 0.3 is 0 Å². The van der Waals surface area contributed by atoms with Gasteiger partial charge in [0.05, 0.1) is 11.4 Å². The number of benzene rings is 2. The lowest BCUT2D eigenvalue weighted by molar-refractivity contribution is 1.10. The van der Waals surface area contributed by atoms with Gasteiger partial charge < -0.3 is 0 Å². The second kappa shape index (κ2) is 11.2. The summed E-state index contributed by atoms with van der Waals surface area (Å²) in [4.78, 5) is 8.89. The van der Waals surface area contributed by atoms with Crippen LogP contribution in [0.25, 0.3) is 22.3 Å². The standard InChI is InChI=1S/2C14H13N.2C2H6/c1-9-5-6-11-12-4-3-7-15-14(12)8-13(11)10(9)2;1-9-5-6-11-8-13-12(4-3-7-15-13)14(11)10(9)2;2*1-2/h2*3-7H,8H2,1-2H3;2*1-2H3. The first-order valence-corrected chi connectivity index (χ1v) is 12.6. The van der Waals surface area contributed by atoms with Crippen molar-refractivity contribution in [1.29, 1.82) is 0 Å². The van der Waals surface area contributed by atoms with E-state index < -0.39 is 0 Å². The van der Waals surface area contributed by atoms with Crippen LogP contribution in [0.5, 0.6) is 0 Å². The first-order chi connectivity index (χ1) is 16.5. The number of hydrogen-bond donors (Lipinski definition) is 0. The van der Waals surface area contributed by atoms with Crippen LogP contribution in [0.2, 0.25) is 0 Å². The highest BCUT2D eigenvalue weighted by Crippen LogP contribution is 2.39. The quantitative estimate of drug-likeness (QED) is 0.231. The Morgan fingerprint density at radius 3 is 1.79 bits per heavy atom. The molecule has 4 aromatic rings. The van der Waals surface area contributed by atoms with Crippen molar-refractivity contribution >= 4 is 0 Å². The maximum absolute atomic E-state index is 4.44. The van der Waals surface area contributed by atoms with Gasteiger partial charge in [0.15, 0.2) is 0 Å². The van der Waals surface area contributed by atoms with Gasteiger partial charge in [0.25, 0.3) is 0 Å². The molecule has 176 valence electrons. The van der Waals surface area contributed by atoms with E-state index in [0.29, 0.717) is 0 Å². The molecule has 2 heteroatoms. The molecule has 0 aliphatic heterocycles. The number of rotatable bonds is 0. The Balaban J connectivity index is 0.000000167. The summed E-state index contributed by atoms with van der Waals surface area (Å²) in [6.07, 6.45) is 5.76. The second-order valence-corrected chi connectivity index (χ2v) is 8.42. The van der Waals surface area contributed by atoms with Gasteiger partial charge in [-0.05, 0) is 84.3 Å². The van der Waals surface area contributed by atoms with Crippen molar-refractivity contribution < 1.29 is 0 Å². The summed E-state index contributed by atoms with van der Waals surface area (Å²) in [5.41, 5.74) is 16.3. The van der Waals surface area contributed by atoms with Crippen LogP contribution in [0.1, 0.15) is 72.5 Å². The van der Waals surface area contributed by atoms with Gasteiger partial charge in [-0.2, -0.15) is 0 Å². The van der Waals surface area contributed by atoms with Crippen molar-refractivity contribution in [3.63, 3.8) is 0 Å². The van der Waals surface area contributed by atoms with Crippen molar-refractivity contribution in [2.45, 2.75) is 68.2 Å². The van der Waals surface area contributed by atoms with Crippen LogP contribution in [0.4, 0.5) is 0 Å². The molecular formula is C32H38N2. The number of aryl methyl sites for hydroxylation is 2. The predicted octanol–water partition coefficient (Wildman–Crippen LogP) is 8.59. The monoisotopic (exact) mass is 450 g/mol. The third-order valence-corrected chi connectivity index (χ3v) is 6.73. The smallest absolute Gasteiger partial charge is 0.0526 e. The van der Waals surface area contributed by atoms with E-state index in [2.05, 4.69) is 74.1 Å². The lowest BCUT2D eigenvalue weighted by Gasteiger charge is -2.07. The van der Waals surface area contributed by atoms with Crippen LogP contribution in [-0.4, -0.2) is 9.97 Å². The zero-order valence-electron chi connectivity index (χ0n) is 22.1. The van der Waals surface area contributed by atoms with Crippen LogP contribution in [0.3, 0.4) is 0 Å². The summed E-state index contributed by atoms with van der Waals surface area (Å²) in [6.45, 7) is 16.8. The fourth-order valence-corrected chi connectivity index (χ4v) is 4.73. The van der Waals surface area contributed by atoms with Crippen LogP contribution < -0.4 is 0 Å². The molecule has 0 radical (unpaired) electrons. The Morgan fingerprint density at radius 2 is 1.12 bits per heavy atom. The van der Waals surface area contributed by atoms with Gasteiger partial charge in [0.1, 0.15) is 0 Å². The molecule has 34 heavy (non-hydrogen) atoms. The number of pyridine rings is 2. The van der Waals surface area contributed by atoms with Gasteiger partial charge in [-0.1, -0.05) is 64.1 Å². The summed E-state index contributed by atoms with van der Waals surface area (Å²) >= 11 is 0. The zero-order chi connectivity index (χ0) is 24.8. The van der Waals surface area contributed by atoms with Crippen LogP contribution in [-0.2, 0) is 12.8 Å². The van der Waals surface area contributed by atoms with E-state index in [1.54, 1.807) is 0 Å². The Bertz CT molecular complexity index is 1280. The Labute approximate surface area is 206 Å². The number of nitrogens with zero attached hydrogens (tertiary/aromatic N) is 2. The molecule has 0 N–H and O–H groups in total. The molecule has 2 aromatic heterocycles. The van der Waals surface area contributed by atoms with Crippen molar-refractivity contribution in [2.24, 2.45) is 0 Å². The highest BCUT2D eigenvalue weighted by Gasteiger charge is 2.22. The molecule has 0 saturated carbocycles. The van der Waals surface area contributed by atoms with Crippen molar-refractivity contribution in [2.75, 3.05) is 0 Å². The minimum absolute atomic E-state index is 0.993. The van der Waals surface area contributed by atoms with Crippen molar-refractivity contribution in [3.8, 4) is 22.3 Å². The highest BCUT2D eigenvalue weighted by atomic mass is 14.7. The molecule has 6 rings (SSSR count). The molecule has 2 nitrogen and oxygen atoms in total. The summed E-state index contributed by atoms with van der Waals surface area (Å²) in [6, 6.07) is 17.3. The highest BCUT2D eigenvalue weighted by molar-refractivity contribution is 5.79. The first-order valence-electron chi connectivity index (χ1n) is 12.6. The van der Waals surface area contributed by atoms with E-state index in [1.807, 2.05) is 52.2 Å². The summed E-state index contributed by atoms with van der Waals surface area (Å²) < 4.78 is 0. The molecule has 0 unspecified atom stereocenters. The molecule has 2 aliphatic carbocycles. The van der Waals surface area contributed by atoms with E-state index in [1.165, 1.54) is 67.0 Å². The predicted molar refractivity (Wildman–Crippen MR) is 147 cm³/mol. The minimum atomic E-state index is 0.993. The van der Waals surface area contributed by atoms with Gasteiger partial charge in [-0.3, -0.25) is 9.97 Å². The van der Waals surface area contributed by atoms with Gasteiger partial charge in [-0.15, -0.1) is 0 Å². The van der Waals surface area contributed by atoms with E-state index in [-0.39, 0.29) is 0 Å². The Morgan fingerprint density at radius 1 is 0.559 bits per heavy atom. The van der Waals surface area contributed by atoms with Crippen LogP contribution in [0.15, 0.2) is 60.9 Å². The lowest BCUT2D eigenvalue weighted by atomic mass is 9.97. The Kier molecular flexibility index (Phi) is 8.39. The maximum atomic E-state index is 4.44. The van der Waals surface area contributed by atoms with Crippen LogP contribution >= 0.6 is 0 Å². The number of hydrogen-bond acceptors (Lipinski definition) is 2. The molecule has 0 bridgehead atoms. The van der Waals surface area contributed by atoms with E-state index in [0.717, 1.165) is 12.8 Å². The average Bonchev–Trinajstić information content (AvgIpc) is 3.46. The number of aromatic nitrogens is 2. The number of fused-ring (bicyclic) bond motifs is 6. The van der Waals surface area contributed by atoms with Gasteiger partial charge in [0.2, 0.25) is 0 Å². The molecule has 0 atom stereocenters. The Hall–Kier alpha value is -3.26. The lowest BCUT2D eigenvalue weighted by Crippen LogP contribution is -1.90. The molecule has 2 aliphatic rings. The zero-order valence-corrected chi connectivity index (χ0v) is 22.1. The first kappa shape index (κ1) is 25.4. The topological polar surface area (TPSA) is 25.8 Å². The van der Waals surface area contributed by atoms with Crippen molar-refractivity contribution in [3.05, 3.63) is 106 Å². The third-order valence-electron chi connectivity index (χ3n) is 6.73. The normalized spacial score (nSPS) is 11.3. The van der Waals surface area contributed by atoms with Gasteiger partial charge in [0, 0.05) is 36.4 Å². The van der Waals surface area contributed by atoms with E-state index in [4.69, 9.17) is 0 Å². The largest absolute Gasteiger partial charge is 0.260 e. The van der Waals surface area contributed by atoms with Crippen molar-refractivity contribution in [1.82, 2.24) is 9.97 Å². The molecule has 0 saturated heterocycles. The van der Waals surface area contributed by atoms with Crippen LogP contribution in [0, 0.1) is 27.7 Å². The molecule has 2 heterocycles. The summed E-state index contributed by atoms with van der Waals surface area (Å²) in [5, 5.41) is 0.